The zero-order valence-corrected chi connectivity index (χ0v) is 19.5. The molecule has 0 spiro atoms. The molecule has 3 aromatic carbocycles. The minimum Gasteiger partial charge on any atom is -0.377 e. The quantitative estimate of drug-likeness (QED) is 0.508. The van der Waals surface area contributed by atoms with Crippen molar-refractivity contribution >= 4 is 27.2 Å². The third-order valence-corrected chi connectivity index (χ3v) is 5.83. The molecule has 4 rings (SSSR count). The molecule has 1 heterocycles. The van der Waals surface area contributed by atoms with Crippen LogP contribution in [0.25, 0.3) is 21.5 Å². The maximum Gasteiger partial charge on any atom is 0.100 e. The van der Waals surface area contributed by atoms with E-state index in [1.54, 1.807) is 0 Å². The second-order valence-electron chi connectivity index (χ2n) is 7.98. The van der Waals surface area contributed by atoms with Crippen molar-refractivity contribution in [2.75, 3.05) is 84.1 Å². The first kappa shape index (κ1) is 24.4. The Morgan fingerprint density at radius 3 is 1.26 bits per heavy atom. The summed E-state index contributed by atoms with van der Waals surface area (Å²) in [5, 5.41) is 14.0. The van der Waals surface area contributed by atoms with Gasteiger partial charge in [0.05, 0.1) is 77.3 Å². The minimum absolute atomic E-state index is 0.530. The smallest absolute Gasteiger partial charge is 0.100 e. The molecule has 0 radical (unpaired) electrons. The van der Waals surface area contributed by atoms with Crippen LogP contribution >= 0.6 is 0 Å². The predicted molar refractivity (Wildman–Crippen MR) is 132 cm³/mol. The lowest BCUT2D eigenvalue weighted by Gasteiger charge is -2.28. The molecule has 7 heteroatoms. The summed E-state index contributed by atoms with van der Waals surface area (Å²) in [4.78, 5) is 2.31. The summed E-state index contributed by atoms with van der Waals surface area (Å²) >= 11 is 0. The molecule has 0 bridgehead atoms. The lowest BCUT2D eigenvalue weighted by atomic mass is 9.94. The van der Waals surface area contributed by atoms with Gasteiger partial charge in [-0.2, -0.15) is 5.26 Å². The maximum absolute atomic E-state index is 9.94. The van der Waals surface area contributed by atoms with Crippen molar-refractivity contribution in [3.05, 3.63) is 54.1 Å². The molecular formula is C27H32N2O5. The summed E-state index contributed by atoms with van der Waals surface area (Å²) < 4.78 is 28.4. The Balaban J connectivity index is 1.61. The van der Waals surface area contributed by atoms with Crippen LogP contribution in [-0.4, -0.2) is 79.2 Å². The van der Waals surface area contributed by atoms with Crippen molar-refractivity contribution in [1.29, 1.82) is 5.26 Å². The topological polar surface area (TPSA) is 73.2 Å². The van der Waals surface area contributed by atoms with E-state index in [-0.39, 0.29) is 0 Å². The van der Waals surface area contributed by atoms with Gasteiger partial charge in [-0.25, -0.2) is 0 Å². The van der Waals surface area contributed by atoms with Crippen LogP contribution in [0.3, 0.4) is 0 Å². The summed E-state index contributed by atoms with van der Waals surface area (Å²) in [6.07, 6.45) is 0. The molecule has 1 aliphatic heterocycles. The van der Waals surface area contributed by atoms with Gasteiger partial charge in [-0.15, -0.1) is 0 Å². The van der Waals surface area contributed by atoms with Crippen LogP contribution in [0.4, 0.5) is 5.69 Å². The Hall–Kier alpha value is -2.73. The number of rotatable bonds is 1. The lowest BCUT2D eigenvalue weighted by molar-refractivity contribution is -0.0116. The molecule has 0 saturated carbocycles. The van der Waals surface area contributed by atoms with Gasteiger partial charge in [0.25, 0.3) is 0 Å². The number of hydrogen-bond donors (Lipinski definition) is 0. The van der Waals surface area contributed by atoms with E-state index < -0.39 is 0 Å². The van der Waals surface area contributed by atoms with E-state index in [0.717, 1.165) is 27.2 Å². The molecule has 180 valence electrons. The zero-order valence-electron chi connectivity index (χ0n) is 19.5. The first-order valence-corrected chi connectivity index (χ1v) is 11.9. The summed E-state index contributed by atoms with van der Waals surface area (Å²) in [6, 6.07) is 18.7. The number of nitriles is 1. The fourth-order valence-corrected chi connectivity index (χ4v) is 4.23. The van der Waals surface area contributed by atoms with Gasteiger partial charge in [0.2, 0.25) is 0 Å². The monoisotopic (exact) mass is 464 g/mol. The molecule has 1 aliphatic rings. The Morgan fingerprint density at radius 2 is 0.882 bits per heavy atom. The summed E-state index contributed by atoms with van der Waals surface area (Å²) in [5.41, 5.74) is 1.82. The van der Waals surface area contributed by atoms with Crippen LogP contribution in [0.5, 0.6) is 0 Å². The molecule has 3 aromatic rings. The Kier molecular flexibility index (Phi) is 9.49. The largest absolute Gasteiger partial charge is 0.377 e. The molecule has 0 aromatic heterocycles. The Morgan fingerprint density at radius 1 is 0.529 bits per heavy atom. The second-order valence-corrected chi connectivity index (χ2v) is 7.98. The molecule has 1 fully saturated rings. The van der Waals surface area contributed by atoms with Crippen LogP contribution in [0.2, 0.25) is 0 Å². The highest BCUT2D eigenvalue weighted by molar-refractivity contribution is 6.15. The molecule has 0 unspecified atom stereocenters. The standard InChI is InChI=1S/C27H32N2O5/c28-21-26-22-5-1-3-7-24(22)27(25-8-4-2-6-23(25)26)29-9-11-30-13-15-32-17-19-34-20-18-33-16-14-31-12-10-29/h1-8H,9-20H2. The van der Waals surface area contributed by atoms with Crippen molar-refractivity contribution in [2.24, 2.45) is 0 Å². The molecule has 1 saturated heterocycles. The number of hydrogen-bond acceptors (Lipinski definition) is 7. The van der Waals surface area contributed by atoms with E-state index in [2.05, 4.69) is 23.1 Å². The first-order valence-electron chi connectivity index (χ1n) is 11.9. The van der Waals surface area contributed by atoms with Gasteiger partial charge in [-0.05, 0) is 0 Å². The molecule has 0 atom stereocenters. The third kappa shape index (κ3) is 6.23. The van der Waals surface area contributed by atoms with Crippen LogP contribution in [-0.2, 0) is 23.7 Å². The van der Waals surface area contributed by atoms with Gasteiger partial charge in [-0.3, -0.25) is 0 Å². The zero-order chi connectivity index (χ0) is 23.4. The highest BCUT2D eigenvalue weighted by atomic mass is 16.6. The van der Waals surface area contributed by atoms with Gasteiger partial charge < -0.3 is 28.6 Å². The van der Waals surface area contributed by atoms with E-state index in [1.165, 1.54) is 0 Å². The van der Waals surface area contributed by atoms with Crippen LogP contribution in [0.15, 0.2) is 48.5 Å². The minimum atomic E-state index is 0.530. The third-order valence-electron chi connectivity index (χ3n) is 5.83. The van der Waals surface area contributed by atoms with Crippen molar-refractivity contribution in [2.45, 2.75) is 0 Å². The van der Waals surface area contributed by atoms with E-state index in [0.29, 0.717) is 84.7 Å². The number of benzene rings is 3. The predicted octanol–water partition coefficient (Wildman–Crippen LogP) is 3.77. The van der Waals surface area contributed by atoms with E-state index in [9.17, 15) is 5.26 Å². The molecule has 34 heavy (non-hydrogen) atoms. The average molecular weight is 465 g/mol. The van der Waals surface area contributed by atoms with E-state index >= 15 is 0 Å². The normalized spacial score (nSPS) is 18.3. The SMILES string of the molecule is N#Cc1c2ccccc2c(N2CCOCCOCCOCCOCCOCC2)c2ccccc12. The van der Waals surface area contributed by atoms with Crippen LogP contribution in [0.1, 0.15) is 5.56 Å². The van der Waals surface area contributed by atoms with Crippen molar-refractivity contribution in [3.63, 3.8) is 0 Å². The maximum atomic E-state index is 9.94. The average Bonchev–Trinajstić information content (AvgIpc) is 2.87. The van der Waals surface area contributed by atoms with Crippen molar-refractivity contribution in [3.8, 4) is 6.07 Å². The van der Waals surface area contributed by atoms with Crippen LogP contribution in [0, 0.1) is 11.3 Å². The molecule has 0 N–H and O–H groups in total. The fourth-order valence-electron chi connectivity index (χ4n) is 4.23. The van der Waals surface area contributed by atoms with E-state index in [4.69, 9.17) is 23.7 Å². The number of nitrogens with zero attached hydrogens (tertiary/aromatic N) is 2. The highest BCUT2D eigenvalue weighted by Gasteiger charge is 2.18. The molecule has 7 nitrogen and oxygen atoms in total. The Bertz CT molecular complexity index is 1020. The Labute approximate surface area is 200 Å². The summed E-state index contributed by atoms with van der Waals surface area (Å²) in [6.45, 7) is 6.83. The number of anilines is 1. The van der Waals surface area contributed by atoms with E-state index in [1.807, 2.05) is 36.4 Å². The van der Waals surface area contributed by atoms with Crippen LogP contribution < -0.4 is 4.90 Å². The fraction of sp³-hybridized carbons (Fsp3) is 0.444. The second kappa shape index (κ2) is 13.2. The molecular weight excluding hydrogens is 432 g/mol. The van der Waals surface area contributed by atoms with Gasteiger partial charge >= 0.3 is 0 Å². The number of fused-ring (bicyclic) bond motifs is 2. The molecule has 0 aliphatic carbocycles. The van der Waals surface area contributed by atoms with Crippen molar-refractivity contribution in [1.82, 2.24) is 0 Å². The first-order chi connectivity index (χ1) is 16.9. The number of ether oxygens (including phenoxy) is 5. The van der Waals surface area contributed by atoms with Gasteiger partial charge in [0, 0.05) is 34.6 Å². The summed E-state index contributed by atoms with van der Waals surface area (Å²) in [5.74, 6) is 0. The molecule has 0 amide bonds. The summed E-state index contributed by atoms with van der Waals surface area (Å²) in [7, 11) is 0. The van der Waals surface area contributed by atoms with Gasteiger partial charge in [0.1, 0.15) is 6.07 Å². The van der Waals surface area contributed by atoms with Crippen molar-refractivity contribution < 1.29 is 23.7 Å². The van der Waals surface area contributed by atoms with Gasteiger partial charge in [0.15, 0.2) is 0 Å². The highest BCUT2D eigenvalue weighted by Crippen LogP contribution is 2.38. The lowest BCUT2D eigenvalue weighted by Crippen LogP contribution is -2.32. The van der Waals surface area contributed by atoms with Gasteiger partial charge in [-0.1, -0.05) is 48.5 Å².